The molecule has 2 N–H and O–H groups in total. The Labute approximate surface area is 217 Å². The van der Waals surface area contributed by atoms with E-state index in [2.05, 4.69) is 28.8 Å². The van der Waals surface area contributed by atoms with E-state index >= 15 is 0 Å². The number of rotatable bonds is 6. The summed E-state index contributed by atoms with van der Waals surface area (Å²) in [7, 11) is -4.84. The number of phosphoric ester groups is 1. The zero-order valence-electron chi connectivity index (χ0n) is 20.2. The minimum absolute atomic E-state index is 0.0337. The van der Waals surface area contributed by atoms with Gasteiger partial charge in [0.15, 0.2) is 5.69 Å². The molecular weight excluding hydrogens is 517 g/mol. The molecule has 1 aromatic heterocycles. The highest BCUT2D eigenvalue weighted by atomic mass is 32.2. The average molecular weight is 544 g/mol. The fourth-order valence-electron chi connectivity index (χ4n) is 4.65. The van der Waals surface area contributed by atoms with E-state index in [0.29, 0.717) is 0 Å². The van der Waals surface area contributed by atoms with Gasteiger partial charge in [0.1, 0.15) is 6.67 Å². The lowest BCUT2D eigenvalue weighted by atomic mass is 9.94. The molecule has 2 aromatic carbocycles. The van der Waals surface area contributed by atoms with E-state index in [1.54, 1.807) is 21.3 Å². The number of hydrogen-bond donors (Lipinski definition) is 2. The lowest BCUT2D eigenvalue weighted by Crippen LogP contribution is -2.57. The van der Waals surface area contributed by atoms with Crippen LogP contribution < -0.4 is 15.2 Å². The van der Waals surface area contributed by atoms with Crippen molar-refractivity contribution in [3.63, 3.8) is 0 Å². The van der Waals surface area contributed by atoms with E-state index in [9.17, 15) is 14.2 Å². The zero-order valence-corrected chi connectivity index (χ0v) is 21.9. The second-order valence-electron chi connectivity index (χ2n) is 8.96. The van der Waals surface area contributed by atoms with Gasteiger partial charge in [-0.1, -0.05) is 42.5 Å². The van der Waals surface area contributed by atoms with E-state index in [4.69, 9.17) is 14.5 Å². The number of phosphoric acid groups is 1. The number of aromatic nitrogens is 1. The molecule has 194 valence electrons. The van der Waals surface area contributed by atoms with Gasteiger partial charge >= 0.3 is 7.82 Å². The summed E-state index contributed by atoms with van der Waals surface area (Å²) in [5, 5.41) is 2.01. The molecule has 12 heteroatoms. The van der Waals surface area contributed by atoms with Gasteiger partial charge in [-0.25, -0.2) is 9.09 Å². The molecule has 0 saturated carbocycles. The van der Waals surface area contributed by atoms with Crippen LogP contribution in [0.1, 0.15) is 47.1 Å². The first-order valence-electron chi connectivity index (χ1n) is 11.6. The fraction of sp³-hybridized carbons (Fsp3) is 0.280. The van der Waals surface area contributed by atoms with Crippen LogP contribution in [0, 0.1) is 0 Å². The smallest absolute Gasteiger partial charge is 0.460 e. The predicted molar refractivity (Wildman–Crippen MR) is 138 cm³/mol. The third-order valence-corrected chi connectivity index (χ3v) is 7.94. The Kier molecular flexibility index (Phi) is 6.91. The molecule has 2 aliphatic rings. The molecule has 1 atom stereocenters. The highest BCUT2D eigenvalue weighted by Gasteiger charge is 2.39. The first kappa shape index (κ1) is 25.6. The number of nitrogens with zero attached hydrogens (tertiary/aromatic N) is 3. The first-order valence-corrected chi connectivity index (χ1v) is 14.1. The van der Waals surface area contributed by atoms with Crippen LogP contribution in [0.4, 0.5) is 0 Å². The Morgan fingerprint density at radius 3 is 2.49 bits per heavy atom. The highest BCUT2D eigenvalue weighted by molar-refractivity contribution is 7.98. The molecule has 2 aliphatic heterocycles. The van der Waals surface area contributed by atoms with Crippen LogP contribution in [-0.4, -0.2) is 44.8 Å². The third-order valence-electron chi connectivity index (χ3n) is 6.36. The van der Waals surface area contributed by atoms with Crippen LogP contribution in [0.5, 0.6) is 5.75 Å². The normalized spacial score (nSPS) is 17.2. The molecule has 3 heterocycles. The molecule has 10 nitrogen and oxygen atoms in total. The van der Waals surface area contributed by atoms with Crippen molar-refractivity contribution in [2.45, 2.75) is 36.6 Å². The molecule has 0 aliphatic carbocycles. The molecule has 5 rings (SSSR count). The predicted octanol–water partition coefficient (Wildman–Crippen LogP) is 3.45. The van der Waals surface area contributed by atoms with Crippen LogP contribution in [0.2, 0.25) is 0 Å². The second kappa shape index (κ2) is 10.00. The lowest BCUT2D eigenvalue weighted by Gasteiger charge is -2.45. The number of hydrogen-bond acceptors (Lipinski definition) is 7. The molecule has 1 unspecified atom stereocenters. The molecule has 0 saturated heterocycles. The zero-order chi connectivity index (χ0) is 26.3. The average Bonchev–Trinajstić information content (AvgIpc) is 3.02. The number of amides is 1. The Balaban J connectivity index is 1.70. The van der Waals surface area contributed by atoms with Gasteiger partial charge in [0, 0.05) is 29.0 Å². The van der Waals surface area contributed by atoms with Crippen molar-refractivity contribution >= 4 is 25.5 Å². The number of carbonyl (C=O) groups excluding carboxylic acids is 1. The topological polar surface area (TPSA) is 122 Å². The maximum absolute atomic E-state index is 13.6. The molecule has 0 bridgehead atoms. The summed E-state index contributed by atoms with van der Waals surface area (Å²) >= 11 is 1.75. The largest absolute Gasteiger partial charge is 0.472 e. The van der Waals surface area contributed by atoms with E-state index in [0.717, 1.165) is 27.3 Å². The monoisotopic (exact) mass is 543 g/mol. The van der Waals surface area contributed by atoms with E-state index in [1.807, 2.05) is 43.1 Å². The third kappa shape index (κ3) is 4.93. The molecule has 0 fully saturated rings. The summed E-state index contributed by atoms with van der Waals surface area (Å²) < 4.78 is 22.5. The minimum atomic E-state index is -4.84. The van der Waals surface area contributed by atoms with E-state index < -0.39 is 26.0 Å². The molecule has 1 amide bonds. The van der Waals surface area contributed by atoms with Crippen LogP contribution in [0.3, 0.4) is 0 Å². The lowest BCUT2D eigenvalue weighted by molar-refractivity contribution is 0.0586. The summed E-state index contributed by atoms with van der Waals surface area (Å²) in [5.41, 5.74) is 2.67. The number of fused-ring (bicyclic) bond motifs is 3. The first-order chi connectivity index (χ1) is 17.7. The summed E-state index contributed by atoms with van der Waals surface area (Å²) in [6, 6.07) is 17.1. The second-order valence-corrected chi connectivity index (χ2v) is 11.2. The van der Waals surface area contributed by atoms with Crippen molar-refractivity contribution in [1.29, 1.82) is 0 Å². The Morgan fingerprint density at radius 1 is 1.05 bits per heavy atom. The highest BCUT2D eigenvalue weighted by Crippen LogP contribution is 2.43. The number of pyridine rings is 1. The molecule has 0 radical (unpaired) electrons. The van der Waals surface area contributed by atoms with Crippen molar-refractivity contribution in [3.05, 3.63) is 93.4 Å². The maximum atomic E-state index is 13.6. The number of thioether (sulfide) groups is 1. The molecule has 3 aromatic rings. The molecule has 37 heavy (non-hydrogen) atoms. The Morgan fingerprint density at radius 2 is 1.76 bits per heavy atom. The number of carbonyl (C=O) groups is 1. The Bertz CT molecular complexity index is 1410. The summed E-state index contributed by atoms with van der Waals surface area (Å²) in [6.45, 7) is 3.12. The van der Waals surface area contributed by atoms with Gasteiger partial charge in [-0.3, -0.25) is 19.3 Å². The van der Waals surface area contributed by atoms with Gasteiger partial charge in [-0.05, 0) is 36.6 Å². The maximum Gasteiger partial charge on any atom is 0.472 e. The van der Waals surface area contributed by atoms with Crippen molar-refractivity contribution in [2.24, 2.45) is 0 Å². The quantitative estimate of drug-likeness (QED) is 0.356. The Hall–Kier alpha value is -3.08. The summed E-state index contributed by atoms with van der Waals surface area (Å²) in [4.78, 5) is 47.3. The number of ether oxygens (including phenoxy) is 1. The van der Waals surface area contributed by atoms with Crippen LogP contribution in [0.25, 0.3) is 0 Å². The van der Waals surface area contributed by atoms with E-state index in [1.165, 1.54) is 12.3 Å². The standard InChI is InChI=1S/C25H26N3O7PS/c1-16(2)26-14-28(22-18-8-4-3-7-17(18)13-37-21-10-6-5-9-19(21)22)27-12-11-20(29)24(23(27)25(26)30)34-15-35-36(31,32)33/h3-12,16,22H,13-15H2,1-2H3,(H2,31,32,33). The van der Waals surface area contributed by atoms with Gasteiger partial charge < -0.3 is 19.4 Å². The van der Waals surface area contributed by atoms with Crippen molar-refractivity contribution in [1.82, 2.24) is 9.58 Å². The van der Waals surface area contributed by atoms with Crippen LogP contribution in [-0.2, 0) is 14.8 Å². The number of benzene rings is 2. The van der Waals surface area contributed by atoms with Crippen molar-refractivity contribution in [2.75, 3.05) is 18.5 Å². The summed E-state index contributed by atoms with van der Waals surface area (Å²) in [5.74, 6) is 0.0238. The fourth-order valence-corrected chi connectivity index (χ4v) is 5.94. The van der Waals surface area contributed by atoms with Gasteiger partial charge in [-0.2, -0.15) is 0 Å². The van der Waals surface area contributed by atoms with Gasteiger partial charge in [0.2, 0.25) is 18.0 Å². The summed E-state index contributed by atoms with van der Waals surface area (Å²) in [6.07, 6.45) is 1.53. The van der Waals surface area contributed by atoms with E-state index in [-0.39, 0.29) is 30.2 Å². The van der Waals surface area contributed by atoms with Gasteiger partial charge in [0.25, 0.3) is 5.91 Å². The van der Waals surface area contributed by atoms with Crippen molar-refractivity contribution in [3.8, 4) is 5.75 Å². The minimum Gasteiger partial charge on any atom is -0.460 e. The SMILES string of the molecule is CC(C)N1CN(C2c3ccccc3CSc3ccccc32)n2ccc(=O)c(OCOP(=O)(O)O)c2C1=O. The van der Waals surface area contributed by atoms with Gasteiger partial charge in [0.05, 0.1) is 6.04 Å². The molecular formula is C25H26N3O7PS. The van der Waals surface area contributed by atoms with Gasteiger partial charge in [-0.15, -0.1) is 11.8 Å². The van der Waals surface area contributed by atoms with Crippen LogP contribution >= 0.6 is 19.6 Å². The van der Waals surface area contributed by atoms with Crippen molar-refractivity contribution < 1.29 is 28.4 Å². The van der Waals surface area contributed by atoms with Crippen LogP contribution in [0.15, 0.2) is 70.5 Å². The molecule has 0 spiro atoms.